The molecule has 0 bridgehead atoms. The van der Waals surface area contributed by atoms with Crippen molar-refractivity contribution in [1.29, 1.82) is 0 Å². The number of nitrogens with two attached hydrogens (primary N) is 1. The van der Waals surface area contributed by atoms with Crippen molar-refractivity contribution < 1.29 is 13.6 Å². The quantitative estimate of drug-likeness (QED) is 0.632. The van der Waals surface area contributed by atoms with Crippen molar-refractivity contribution in [2.75, 3.05) is 6.26 Å². The molecule has 0 heterocycles. The third-order valence-electron chi connectivity index (χ3n) is 2.61. The number of aryl methyl sites for hydroxylation is 1. The Hall–Kier alpha value is -0.480. The summed E-state index contributed by atoms with van der Waals surface area (Å²) in [7, 11) is -3.58. The lowest BCUT2D eigenvalue weighted by Crippen LogP contribution is -2.12. The molecule has 0 aromatic heterocycles. The molecule has 1 atom stereocenters. The van der Waals surface area contributed by atoms with E-state index in [-0.39, 0.29) is 6.10 Å². The standard InChI is InChI=1S/C13H22NO3PS/c1-6-11-10(4)7-8-12(19-5)13(11)17-18(14,15)16-9(2)3/h7-9H,6H2,1-5H3,(H2,14,15). The molecule has 6 heteroatoms. The van der Waals surface area contributed by atoms with Gasteiger partial charge in [-0.1, -0.05) is 13.0 Å². The van der Waals surface area contributed by atoms with Crippen molar-refractivity contribution in [3.63, 3.8) is 0 Å². The van der Waals surface area contributed by atoms with Crippen LogP contribution in [0.2, 0.25) is 0 Å². The highest BCUT2D eigenvalue weighted by Crippen LogP contribution is 2.46. The van der Waals surface area contributed by atoms with E-state index in [0.717, 1.165) is 22.4 Å². The monoisotopic (exact) mass is 303 g/mol. The number of rotatable bonds is 6. The Morgan fingerprint density at radius 1 is 1.42 bits per heavy atom. The summed E-state index contributed by atoms with van der Waals surface area (Å²) in [6.45, 7) is 7.58. The normalized spacial score (nSPS) is 14.5. The van der Waals surface area contributed by atoms with Crippen LogP contribution in [0.25, 0.3) is 0 Å². The summed E-state index contributed by atoms with van der Waals surface area (Å²) in [5.41, 5.74) is 7.76. The highest BCUT2D eigenvalue weighted by molar-refractivity contribution is 7.98. The average molecular weight is 303 g/mol. The number of thioether (sulfide) groups is 1. The van der Waals surface area contributed by atoms with Crippen molar-refractivity contribution in [1.82, 2.24) is 0 Å². The fourth-order valence-electron chi connectivity index (χ4n) is 1.85. The largest absolute Gasteiger partial charge is 0.456 e. The fourth-order valence-corrected chi connectivity index (χ4v) is 3.56. The Labute approximate surface area is 119 Å². The molecule has 1 unspecified atom stereocenters. The fraction of sp³-hybridized carbons (Fsp3) is 0.538. The Morgan fingerprint density at radius 2 is 2.05 bits per heavy atom. The van der Waals surface area contributed by atoms with Crippen LogP contribution < -0.4 is 10.0 Å². The second-order valence-corrected chi connectivity index (χ2v) is 6.85. The minimum Gasteiger partial charge on any atom is -0.412 e. The van der Waals surface area contributed by atoms with E-state index in [0.29, 0.717) is 5.75 Å². The molecule has 0 saturated carbocycles. The van der Waals surface area contributed by atoms with Crippen molar-refractivity contribution in [3.05, 3.63) is 23.3 Å². The molecule has 1 aromatic carbocycles. The van der Waals surface area contributed by atoms with Crippen molar-refractivity contribution in [3.8, 4) is 5.75 Å². The topological polar surface area (TPSA) is 61.5 Å². The van der Waals surface area contributed by atoms with Gasteiger partial charge >= 0.3 is 7.75 Å². The van der Waals surface area contributed by atoms with Gasteiger partial charge in [0, 0.05) is 4.90 Å². The van der Waals surface area contributed by atoms with Gasteiger partial charge in [0.15, 0.2) is 0 Å². The van der Waals surface area contributed by atoms with Crippen LogP contribution in [0.3, 0.4) is 0 Å². The molecule has 0 spiro atoms. The van der Waals surface area contributed by atoms with Crippen LogP contribution in [0.1, 0.15) is 31.9 Å². The van der Waals surface area contributed by atoms with E-state index in [2.05, 4.69) is 0 Å². The summed E-state index contributed by atoms with van der Waals surface area (Å²) in [6, 6.07) is 3.98. The van der Waals surface area contributed by atoms with Crippen LogP contribution in [-0.2, 0) is 15.5 Å². The zero-order chi connectivity index (χ0) is 14.6. The molecule has 0 radical (unpaired) electrons. The summed E-state index contributed by atoms with van der Waals surface area (Å²) in [5, 5.41) is 0. The first-order valence-corrected chi connectivity index (χ1v) is 9.07. The summed E-state index contributed by atoms with van der Waals surface area (Å²) in [5.74, 6) is 0.585. The van der Waals surface area contributed by atoms with Crippen molar-refractivity contribution in [2.45, 2.75) is 45.1 Å². The van der Waals surface area contributed by atoms with E-state index >= 15 is 0 Å². The third kappa shape index (κ3) is 4.53. The van der Waals surface area contributed by atoms with Crippen molar-refractivity contribution >= 4 is 19.5 Å². The van der Waals surface area contributed by atoms with E-state index < -0.39 is 7.75 Å². The molecule has 0 aliphatic rings. The Bertz CT molecular complexity index is 491. The first kappa shape index (κ1) is 16.6. The predicted molar refractivity (Wildman–Crippen MR) is 81.0 cm³/mol. The SMILES string of the molecule is CCc1c(C)ccc(SC)c1OP(N)(=O)OC(C)C. The molecule has 2 N–H and O–H groups in total. The highest BCUT2D eigenvalue weighted by Gasteiger charge is 2.25. The summed E-state index contributed by atoms with van der Waals surface area (Å²) < 4.78 is 22.9. The zero-order valence-corrected chi connectivity index (χ0v) is 13.8. The summed E-state index contributed by atoms with van der Waals surface area (Å²) in [4.78, 5) is 0.917. The molecule has 1 aromatic rings. The van der Waals surface area contributed by atoms with Crippen LogP contribution in [0.4, 0.5) is 0 Å². The van der Waals surface area contributed by atoms with Crippen LogP contribution in [0, 0.1) is 6.92 Å². The average Bonchev–Trinajstić information content (AvgIpc) is 2.27. The number of hydrogen-bond acceptors (Lipinski definition) is 4. The molecule has 0 saturated heterocycles. The second-order valence-electron chi connectivity index (χ2n) is 4.53. The van der Waals surface area contributed by atoms with E-state index in [1.165, 1.54) is 11.8 Å². The predicted octanol–water partition coefficient (Wildman–Crippen LogP) is 4.15. The first-order valence-electron chi connectivity index (χ1n) is 6.23. The van der Waals surface area contributed by atoms with E-state index in [1.54, 1.807) is 13.8 Å². The van der Waals surface area contributed by atoms with Gasteiger partial charge in [-0.05, 0) is 50.6 Å². The summed E-state index contributed by atoms with van der Waals surface area (Å²) in [6.07, 6.45) is 2.49. The van der Waals surface area contributed by atoms with Gasteiger partial charge in [-0.2, -0.15) is 0 Å². The lowest BCUT2D eigenvalue weighted by molar-refractivity contribution is 0.208. The molecule has 0 aliphatic carbocycles. The maximum absolute atomic E-state index is 12.2. The molecule has 1 rings (SSSR count). The van der Waals surface area contributed by atoms with Gasteiger partial charge in [-0.25, -0.2) is 10.1 Å². The molecular weight excluding hydrogens is 281 g/mol. The minimum absolute atomic E-state index is 0.247. The molecule has 0 amide bonds. The van der Waals surface area contributed by atoms with Gasteiger partial charge in [-0.3, -0.25) is 4.52 Å². The van der Waals surface area contributed by atoms with Crippen LogP contribution in [-0.4, -0.2) is 12.4 Å². The minimum atomic E-state index is -3.58. The van der Waals surface area contributed by atoms with Gasteiger partial charge in [0.25, 0.3) is 0 Å². The maximum atomic E-state index is 12.2. The van der Waals surface area contributed by atoms with Crippen LogP contribution in [0.15, 0.2) is 17.0 Å². The molecule has 19 heavy (non-hydrogen) atoms. The smallest absolute Gasteiger partial charge is 0.412 e. The van der Waals surface area contributed by atoms with Gasteiger partial charge < -0.3 is 4.52 Å². The van der Waals surface area contributed by atoms with Gasteiger partial charge in [0.2, 0.25) is 0 Å². The number of benzene rings is 1. The Kier molecular flexibility index (Phi) is 5.93. The molecular formula is C13H22NO3PS. The van der Waals surface area contributed by atoms with Crippen LogP contribution >= 0.6 is 19.5 Å². The van der Waals surface area contributed by atoms with Gasteiger partial charge in [0.05, 0.1) is 6.10 Å². The van der Waals surface area contributed by atoms with Gasteiger partial charge in [0.1, 0.15) is 5.75 Å². The van der Waals surface area contributed by atoms with Gasteiger partial charge in [-0.15, -0.1) is 11.8 Å². The maximum Gasteiger partial charge on any atom is 0.456 e. The Morgan fingerprint density at radius 3 is 2.53 bits per heavy atom. The molecule has 4 nitrogen and oxygen atoms in total. The first-order chi connectivity index (χ1) is 8.80. The zero-order valence-electron chi connectivity index (χ0n) is 12.1. The van der Waals surface area contributed by atoms with E-state index in [1.807, 2.05) is 32.2 Å². The Balaban J connectivity index is 3.18. The highest BCUT2D eigenvalue weighted by atomic mass is 32.2. The lowest BCUT2D eigenvalue weighted by atomic mass is 10.1. The lowest BCUT2D eigenvalue weighted by Gasteiger charge is -2.21. The summed E-state index contributed by atoms with van der Waals surface area (Å²) >= 11 is 1.54. The third-order valence-corrected chi connectivity index (χ3v) is 4.52. The van der Waals surface area contributed by atoms with Crippen LogP contribution in [0.5, 0.6) is 5.75 Å². The molecule has 0 fully saturated rings. The molecule has 108 valence electrons. The van der Waals surface area contributed by atoms with Crippen molar-refractivity contribution in [2.24, 2.45) is 5.50 Å². The molecule has 0 aliphatic heterocycles. The van der Waals surface area contributed by atoms with E-state index in [4.69, 9.17) is 14.6 Å². The second kappa shape index (κ2) is 6.80. The van der Waals surface area contributed by atoms with E-state index in [9.17, 15) is 4.57 Å². The number of hydrogen-bond donors (Lipinski definition) is 1.